The van der Waals surface area contributed by atoms with Crippen LogP contribution in [-0.4, -0.2) is 38.4 Å². The van der Waals surface area contributed by atoms with Gasteiger partial charge in [0, 0.05) is 46.6 Å². The fraction of sp³-hybridized carbons (Fsp3) is 0.471. The number of amides is 1. The molecule has 1 amide bonds. The van der Waals surface area contributed by atoms with Gasteiger partial charge in [-0.1, -0.05) is 32.8 Å². The smallest absolute Gasteiger partial charge is 0.410 e. The van der Waals surface area contributed by atoms with Gasteiger partial charge in [-0.2, -0.15) is 0 Å². The van der Waals surface area contributed by atoms with E-state index in [-0.39, 0.29) is 17.9 Å². The van der Waals surface area contributed by atoms with E-state index in [9.17, 15) is 9.59 Å². The molecule has 0 aliphatic carbocycles. The minimum Gasteiger partial charge on any atom is -0.444 e. The quantitative estimate of drug-likeness (QED) is 0.191. The summed E-state index contributed by atoms with van der Waals surface area (Å²) in [6.45, 7) is 12.7. The number of pyridine rings is 1. The van der Waals surface area contributed by atoms with Crippen molar-refractivity contribution in [3.8, 4) is 21.7 Å². The number of aromatic nitrogens is 2. The Labute approximate surface area is 257 Å². The molecule has 0 fully saturated rings. The van der Waals surface area contributed by atoms with Crippen LogP contribution in [0.4, 0.5) is 4.79 Å². The lowest BCUT2D eigenvalue weighted by molar-refractivity contribution is -0.118. The second-order valence-corrected chi connectivity index (χ2v) is 14.7. The molecule has 1 aromatic carbocycles. The van der Waals surface area contributed by atoms with E-state index < -0.39 is 5.60 Å². The van der Waals surface area contributed by atoms with Crippen molar-refractivity contribution in [3.05, 3.63) is 58.0 Å². The number of ketones is 1. The highest BCUT2D eigenvalue weighted by molar-refractivity contribution is 7.22. The molecule has 0 N–H and O–H groups in total. The van der Waals surface area contributed by atoms with E-state index in [2.05, 4.69) is 44.0 Å². The summed E-state index contributed by atoms with van der Waals surface area (Å²) in [4.78, 5) is 39.6. The minimum atomic E-state index is -0.555. The summed E-state index contributed by atoms with van der Waals surface area (Å²) in [5.41, 5.74) is 4.94. The van der Waals surface area contributed by atoms with Gasteiger partial charge in [-0.15, -0.1) is 22.7 Å². The third kappa shape index (κ3) is 6.92. The second-order valence-electron chi connectivity index (χ2n) is 12.5. The number of Topliss-reactive ketones (excluding diaryl/α,β-unsaturated/α-hetero) is 1. The molecule has 0 radical (unpaired) electrons. The summed E-state index contributed by atoms with van der Waals surface area (Å²) in [7, 11) is 0. The van der Waals surface area contributed by atoms with Crippen LogP contribution in [0.3, 0.4) is 0 Å². The zero-order chi connectivity index (χ0) is 30.0. The van der Waals surface area contributed by atoms with Crippen LogP contribution in [0.15, 0.2) is 42.7 Å². The van der Waals surface area contributed by atoms with Crippen molar-refractivity contribution < 1.29 is 14.3 Å². The number of thiophene rings is 1. The van der Waals surface area contributed by atoms with E-state index in [0.29, 0.717) is 31.7 Å². The van der Waals surface area contributed by atoms with E-state index in [0.717, 1.165) is 60.9 Å². The van der Waals surface area contributed by atoms with Crippen LogP contribution >= 0.6 is 22.7 Å². The topological polar surface area (TPSA) is 72.4 Å². The zero-order valence-corrected chi connectivity index (χ0v) is 27.2. The Hall–Kier alpha value is -3.10. The summed E-state index contributed by atoms with van der Waals surface area (Å²) in [6.07, 6.45) is 8.18. The molecule has 4 heterocycles. The molecule has 222 valence electrons. The molecular weight excluding hydrogens is 563 g/mol. The van der Waals surface area contributed by atoms with Crippen LogP contribution in [0, 0.1) is 5.92 Å². The summed E-state index contributed by atoms with van der Waals surface area (Å²) >= 11 is 3.35. The van der Waals surface area contributed by atoms with Gasteiger partial charge in [0.15, 0.2) is 0 Å². The van der Waals surface area contributed by atoms with Crippen LogP contribution in [0.25, 0.3) is 31.9 Å². The van der Waals surface area contributed by atoms with Crippen LogP contribution in [0.5, 0.6) is 0 Å². The van der Waals surface area contributed by atoms with Gasteiger partial charge in [0.05, 0.1) is 16.8 Å². The largest absolute Gasteiger partial charge is 0.444 e. The van der Waals surface area contributed by atoms with E-state index in [4.69, 9.17) is 9.72 Å². The number of benzene rings is 1. The molecule has 3 aromatic heterocycles. The fourth-order valence-electron chi connectivity index (χ4n) is 5.44. The molecule has 2 atom stereocenters. The summed E-state index contributed by atoms with van der Waals surface area (Å²) in [5, 5.41) is 0.953. The molecule has 5 rings (SSSR count). The third-order valence-corrected chi connectivity index (χ3v) is 10.2. The molecule has 8 heteroatoms. The maximum Gasteiger partial charge on any atom is 0.410 e. The Bertz CT molecular complexity index is 1570. The van der Waals surface area contributed by atoms with Gasteiger partial charge in [-0.05, 0) is 87.4 Å². The molecule has 1 aliphatic heterocycles. The molecular formula is C34H41N3O3S2. The zero-order valence-electron chi connectivity index (χ0n) is 25.5. The van der Waals surface area contributed by atoms with E-state index in [1.54, 1.807) is 35.1 Å². The third-order valence-electron chi connectivity index (χ3n) is 7.96. The van der Waals surface area contributed by atoms with Crippen LogP contribution in [-0.2, 0) is 28.9 Å². The Kier molecular flexibility index (Phi) is 9.14. The minimum absolute atomic E-state index is 0.0209. The lowest BCUT2D eigenvalue weighted by Gasteiger charge is -2.35. The molecule has 0 saturated carbocycles. The SMILES string of the molecule is CC[C@H](C)CCCC(=O)Cc1sc2c(c1-c1nc3cc(-c4ccncc4)ccc3s1)C[C@@H](C)N(C(=O)OC(C)(C)C)C2. The number of carbonyl (C=O) groups excluding carboxylic acids is 2. The summed E-state index contributed by atoms with van der Waals surface area (Å²) < 4.78 is 6.85. The Balaban J connectivity index is 1.49. The molecule has 0 bridgehead atoms. The lowest BCUT2D eigenvalue weighted by atomic mass is 9.95. The van der Waals surface area contributed by atoms with Gasteiger partial charge < -0.3 is 9.64 Å². The predicted octanol–water partition coefficient (Wildman–Crippen LogP) is 9.10. The maximum absolute atomic E-state index is 13.2. The molecule has 6 nitrogen and oxygen atoms in total. The highest BCUT2D eigenvalue weighted by atomic mass is 32.1. The molecule has 1 aliphatic rings. The fourth-order valence-corrected chi connectivity index (χ4v) is 7.92. The lowest BCUT2D eigenvalue weighted by Crippen LogP contribution is -2.44. The van der Waals surface area contributed by atoms with Crippen molar-refractivity contribution in [2.45, 2.75) is 98.3 Å². The summed E-state index contributed by atoms with van der Waals surface area (Å²) in [6, 6.07) is 10.4. The number of nitrogens with zero attached hydrogens (tertiary/aromatic N) is 3. The first kappa shape index (κ1) is 30.4. The molecule has 42 heavy (non-hydrogen) atoms. The highest BCUT2D eigenvalue weighted by Crippen LogP contribution is 2.44. The average molecular weight is 604 g/mol. The average Bonchev–Trinajstić information content (AvgIpc) is 3.51. The number of ether oxygens (including phenoxy) is 1. The second kappa shape index (κ2) is 12.6. The van der Waals surface area contributed by atoms with Crippen LogP contribution in [0.2, 0.25) is 0 Å². The van der Waals surface area contributed by atoms with E-state index in [1.807, 2.05) is 37.8 Å². The van der Waals surface area contributed by atoms with Crippen molar-refractivity contribution in [2.75, 3.05) is 0 Å². The number of thiazole rings is 1. The first-order valence-electron chi connectivity index (χ1n) is 15.0. The van der Waals surface area contributed by atoms with Crippen molar-refractivity contribution in [3.63, 3.8) is 0 Å². The standard InChI is InChI=1S/C34H41N3O3S2/c1-7-21(2)9-8-10-25(38)19-29-31(26-17-22(3)37(20-30(26)41-29)33(39)40-34(4,5)6)32-36-27-18-24(11-12-28(27)42-32)23-13-15-35-16-14-23/h11-16,18,21-22H,7-10,17,19-20H2,1-6H3/t21-,22+/m0/s1. The van der Waals surface area contributed by atoms with Gasteiger partial charge in [0.25, 0.3) is 0 Å². The molecule has 0 saturated heterocycles. The monoisotopic (exact) mass is 603 g/mol. The number of hydrogen-bond donors (Lipinski definition) is 0. The van der Waals surface area contributed by atoms with Crippen molar-refractivity contribution in [2.24, 2.45) is 5.92 Å². The molecule has 4 aromatic rings. The van der Waals surface area contributed by atoms with Gasteiger partial charge in [0.1, 0.15) is 16.4 Å². The van der Waals surface area contributed by atoms with E-state index in [1.165, 1.54) is 5.56 Å². The Morgan fingerprint density at radius 1 is 1.12 bits per heavy atom. The highest BCUT2D eigenvalue weighted by Gasteiger charge is 2.35. The molecule has 0 unspecified atom stereocenters. The van der Waals surface area contributed by atoms with Crippen molar-refractivity contribution >= 4 is 44.8 Å². The summed E-state index contributed by atoms with van der Waals surface area (Å²) in [5.74, 6) is 0.916. The van der Waals surface area contributed by atoms with Gasteiger partial charge in [-0.3, -0.25) is 9.78 Å². The van der Waals surface area contributed by atoms with E-state index >= 15 is 0 Å². The first-order chi connectivity index (χ1) is 20.0. The number of hydrogen-bond acceptors (Lipinski definition) is 7. The molecule has 0 spiro atoms. The Morgan fingerprint density at radius 2 is 1.88 bits per heavy atom. The number of rotatable bonds is 9. The van der Waals surface area contributed by atoms with Crippen molar-refractivity contribution in [1.82, 2.24) is 14.9 Å². The number of fused-ring (bicyclic) bond motifs is 2. The Morgan fingerprint density at radius 3 is 2.60 bits per heavy atom. The number of carbonyl (C=O) groups is 2. The maximum atomic E-state index is 13.2. The first-order valence-corrected chi connectivity index (χ1v) is 16.6. The van der Waals surface area contributed by atoms with Gasteiger partial charge in [0.2, 0.25) is 0 Å². The van der Waals surface area contributed by atoms with Crippen LogP contribution < -0.4 is 0 Å². The predicted molar refractivity (Wildman–Crippen MR) is 173 cm³/mol. The normalized spacial score (nSPS) is 16.0. The van der Waals surface area contributed by atoms with Gasteiger partial charge >= 0.3 is 6.09 Å². The van der Waals surface area contributed by atoms with Gasteiger partial charge in [-0.25, -0.2) is 9.78 Å². The van der Waals surface area contributed by atoms with Crippen LogP contribution in [0.1, 0.15) is 82.5 Å². The van der Waals surface area contributed by atoms with Crippen molar-refractivity contribution in [1.29, 1.82) is 0 Å².